The number of sulfone groups is 1. The van der Waals surface area contributed by atoms with Crippen LogP contribution >= 0.6 is 0 Å². The summed E-state index contributed by atoms with van der Waals surface area (Å²) < 4.78 is 49.7. The van der Waals surface area contributed by atoms with Crippen molar-refractivity contribution in [1.29, 1.82) is 0 Å². The van der Waals surface area contributed by atoms with Crippen LogP contribution < -0.4 is 15.2 Å². The largest absolute Gasteiger partial charge is 0.493 e. The number of imidazole rings is 1. The predicted molar refractivity (Wildman–Crippen MR) is 109 cm³/mol. The maximum Gasteiger partial charge on any atom is 0.328 e. The molecule has 0 unspecified atom stereocenters. The zero-order valence-corrected chi connectivity index (χ0v) is 20.8. The normalized spacial score (nSPS) is 12.0. The van der Waals surface area contributed by atoms with Gasteiger partial charge < -0.3 is 21.9 Å². The Kier molecular flexibility index (Phi) is 8.80. The molecule has 0 amide bonds. The number of methoxy groups -OCH3 is 1. The molecule has 11 heteroatoms. The van der Waals surface area contributed by atoms with Crippen molar-refractivity contribution in [3.8, 4) is 11.5 Å². The molecule has 3 aromatic rings. The first kappa shape index (κ1) is 25.8. The minimum Gasteiger partial charge on any atom is -0.493 e. The quantitative estimate of drug-likeness (QED) is 0.414. The van der Waals surface area contributed by atoms with Crippen molar-refractivity contribution >= 4 is 21.0 Å². The summed E-state index contributed by atoms with van der Waals surface area (Å²) in [6.07, 6.45) is 2.06. The van der Waals surface area contributed by atoms with Crippen molar-refractivity contribution in [3.05, 3.63) is 59.8 Å². The number of aromatic nitrogens is 3. The van der Waals surface area contributed by atoms with E-state index in [1.165, 1.54) is 11.7 Å². The van der Waals surface area contributed by atoms with E-state index in [0.29, 0.717) is 23.7 Å². The molecule has 164 valence electrons. The number of nitrogens with zero attached hydrogens (tertiary/aromatic N) is 2. The fraction of sp³-hybridized carbons (Fsp3) is 0.316. The Morgan fingerprint density at radius 2 is 1.97 bits per heavy atom. The third kappa shape index (κ3) is 5.49. The topological polar surface area (TPSA) is 103 Å². The van der Waals surface area contributed by atoms with Crippen LogP contribution in [-0.2, 0) is 30.9 Å². The third-order valence-corrected chi connectivity index (χ3v) is 5.09. The molecule has 2 heterocycles. The first-order valence-electron chi connectivity index (χ1n) is 8.47. The zero-order valence-electron chi connectivity index (χ0n) is 17.0. The van der Waals surface area contributed by atoms with Gasteiger partial charge in [0.1, 0.15) is 15.7 Å². The number of fused-ring (bicyclic) bond motifs is 1. The number of pyridine rings is 1. The molecule has 0 aliphatic carbocycles. The van der Waals surface area contributed by atoms with Crippen LogP contribution in [0.4, 0.5) is 4.39 Å². The molecule has 2 aromatic heterocycles. The predicted octanol–water partition coefficient (Wildman–Crippen LogP) is 2.35. The summed E-state index contributed by atoms with van der Waals surface area (Å²) in [4.78, 5) is 19.1. The molecule has 30 heavy (non-hydrogen) atoms. The Bertz CT molecular complexity index is 1180. The van der Waals surface area contributed by atoms with Crippen molar-refractivity contribution in [2.24, 2.45) is 0 Å². The fourth-order valence-electron chi connectivity index (χ4n) is 3.05. The van der Waals surface area contributed by atoms with Crippen LogP contribution in [0.25, 0.3) is 11.2 Å². The van der Waals surface area contributed by atoms with Gasteiger partial charge in [0.25, 0.3) is 0 Å². The summed E-state index contributed by atoms with van der Waals surface area (Å²) in [6.45, 7) is 2.19. The van der Waals surface area contributed by atoms with Gasteiger partial charge in [-0.25, -0.2) is 22.6 Å². The standard InChI is InChI=1S/C18H20FN3O5S.CH3.W/c1-4-27-16-7-11(5-6-15(16)26-2)14(10-28(3,24)25)22-17-13(21-18(22)23)8-12(19)9-20-17;;/h5-9,14H,4,10H2,1-3H3,(H,21,23);1H3;/q;-1;/t14-;;/m1../s1. The van der Waals surface area contributed by atoms with Gasteiger partial charge in [0.15, 0.2) is 17.1 Å². The van der Waals surface area contributed by atoms with E-state index in [1.807, 2.05) is 6.92 Å². The van der Waals surface area contributed by atoms with Gasteiger partial charge in [-0.2, -0.15) is 0 Å². The van der Waals surface area contributed by atoms with Crippen LogP contribution in [-0.4, -0.2) is 48.7 Å². The van der Waals surface area contributed by atoms with E-state index in [-0.39, 0.29) is 45.4 Å². The second-order valence-corrected chi connectivity index (χ2v) is 8.46. The zero-order chi connectivity index (χ0) is 20.5. The number of nitrogens with one attached hydrogen (secondary N) is 1. The Balaban J connectivity index is 0.00000225. The van der Waals surface area contributed by atoms with Crippen LogP contribution in [0.3, 0.4) is 0 Å². The SMILES string of the molecule is CCOc1cc([C@@H](CS(C)(=O)=O)n2c(=O)[nH]c3cc(F)cnc32)ccc1OC.[CH3-].[W]. The second-order valence-electron chi connectivity index (χ2n) is 6.28. The van der Waals surface area contributed by atoms with E-state index in [0.717, 1.165) is 18.5 Å². The van der Waals surface area contributed by atoms with Crippen LogP contribution in [0, 0.1) is 13.2 Å². The minimum atomic E-state index is -3.48. The van der Waals surface area contributed by atoms with E-state index < -0.39 is 27.4 Å². The molecule has 0 bridgehead atoms. The molecule has 0 saturated carbocycles. The summed E-state index contributed by atoms with van der Waals surface area (Å²) in [5.74, 6) is -0.0525. The molecule has 1 aromatic carbocycles. The summed E-state index contributed by atoms with van der Waals surface area (Å²) in [5, 5.41) is 0. The Labute approximate surface area is 188 Å². The molecule has 1 N–H and O–H groups in total. The fourth-order valence-corrected chi connectivity index (χ4v) is 3.97. The van der Waals surface area contributed by atoms with Gasteiger partial charge in [-0.05, 0) is 24.6 Å². The van der Waals surface area contributed by atoms with Gasteiger partial charge in [0.05, 0.1) is 37.2 Å². The van der Waals surface area contributed by atoms with E-state index in [2.05, 4.69) is 9.97 Å². The Morgan fingerprint density at radius 1 is 1.27 bits per heavy atom. The van der Waals surface area contributed by atoms with Crippen LogP contribution in [0.1, 0.15) is 18.5 Å². The van der Waals surface area contributed by atoms with Crippen LogP contribution in [0.5, 0.6) is 11.5 Å². The first-order valence-corrected chi connectivity index (χ1v) is 10.5. The number of rotatable bonds is 7. The smallest absolute Gasteiger partial charge is 0.328 e. The van der Waals surface area contributed by atoms with Crippen molar-refractivity contribution in [3.63, 3.8) is 0 Å². The molecule has 0 fully saturated rings. The number of benzene rings is 1. The second kappa shape index (κ2) is 10.2. The number of hydrogen-bond donors (Lipinski definition) is 1. The molecular formula is C19H23FN3O5SW-. The molecular weight excluding hydrogens is 585 g/mol. The molecule has 3 rings (SSSR count). The number of halogens is 1. The molecule has 0 spiro atoms. The van der Waals surface area contributed by atoms with E-state index in [4.69, 9.17) is 9.47 Å². The Hall–Kier alpha value is -2.19. The molecule has 8 nitrogen and oxygen atoms in total. The maximum absolute atomic E-state index is 13.5. The van der Waals surface area contributed by atoms with Crippen molar-refractivity contribution in [1.82, 2.24) is 14.5 Å². The van der Waals surface area contributed by atoms with Crippen molar-refractivity contribution in [2.45, 2.75) is 13.0 Å². The van der Waals surface area contributed by atoms with Crippen molar-refractivity contribution < 1.29 is 43.3 Å². The molecule has 0 aliphatic rings. The van der Waals surface area contributed by atoms with Gasteiger partial charge in [-0.15, -0.1) is 0 Å². The molecule has 0 radical (unpaired) electrons. The summed E-state index contributed by atoms with van der Waals surface area (Å²) in [7, 11) is -1.99. The number of ether oxygens (including phenoxy) is 2. The monoisotopic (exact) mass is 608 g/mol. The van der Waals surface area contributed by atoms with E-state index in [1.54, 1.807) is 18.2 Å². The van der Waals surface area contributed by atoms with Gasteiger partial charge in [-0.1, -0.05) is 6.07 Å². The summed E-state index contributed by atoms with van der Waals surface area (Å²) in [5.41, 5.74) is 0.273. The van der Waals surface area contributed by atoms with Crippen LogP contribution in [0.15, 0.2) is 35.3 Å². The van der Waals surface area contributed by atoms with Gasteiger partial charge in [-0.3, -0.25) is 4.57 Å². The van der Waals surface area contributed by atoms with Crippen molar-refractivity contribution in [2.75, 3.05) is 25.7 Å². The van der Waals surface area contributed by atoms with Gasteiger partial charge in [0, 0.05) is 33.4 Å². The first-order chi connectivity index (χ1) is 13.2. The third-order valence-electron chi connectivity index (χ3n) is 4.17. The molecule has 0 aliphatic heterocycles. The Morgan fingerprint density at radius 3 is 2.57 bits per heavy atom. The van der Waals surface area contributed by atoms with E-state index >= 15 is 0 Å². The number of hydrogen-bond acceptors (Lipinski definition) is 6. The van der Waals surface area contributed by atoms with Gasteiger partial charge in [0.2, 0.25) is 0 Å². The minimum absolute atomic E-state index is 0. The molecule has 1 atom stereocenters. The van der Waals surface area contributed by atoms with Gasteiger partial charge >= 0.3 is 5.69 Å². The summed E-state index contributed by atoms with van der Waals surface area (Å²) in [6, 6.07) is 5.18. The van der Waals surface area contributed by atoms with Crippen LogP contribution in [0.2, 0.25) is 0 Å². The molecule has 0 saturated heterocycles. The number of aromatic amines is 1. The summed E-state index contributed by atoms with van der Waals surface area (Å²) >= 11 is 0. The number of H-pyrrole nitrogens is 1. The van der Waals surface area contributed by atoms with E-state index in [9.17, 15) is 17.6 Å². The average Bonchev–Trinajstić information content (AvgIpc) is 2.94. The average molecular weight is 608 g/mol. The maximum atomic E-state index is 13.5.